The van der Waals surface area contributed by atoms with Gasteiger partial charge in [0.2, 0.25) is 0 Å². The number of rotatable bonds is 3. The van der Waals surface area contributed by atoms with E-state index in [0.29, 0.717) is 11.7 Å². The Balaban J connectivity index is 1.94. The molecule has 1 N–H and O–H groups in total. The molecule has 3 aromatic rings. The number of benzene rings is 3. The highest BCUT2D eigenvalue weighted by atomic mass is 32.1. The minimum Gasteiger partial charge on any atom is -0.508 e. The van der Waals surface area contributed by atoms with Crippen LogP contribution in [-0.2, 0) is 0 Å². The van der Waals surface area contributed by atoms with Crippen LogP contribution in [0.25, 0.3) is 10.8 Å². The van der Waals surface area contributed by atoms with Crippen molar-refractivity contribution in [3.05, 3.63) is 77.9 Å². The first-order valence-corrected chi connectivity index (χ1v) is 7.62. The Labute approximate surface area is 130 Å². The van der Waals surface area contributed by atoms with Gasteiger partial charge in [0.15, 0.2) is 0 Å². The lowest BCUT2D eigenvalue weighted by Gasteiger charge is -2.20. The molecule has 0 amide bonds. The molecular formula is C19H18OS. The summed E-state index contributed by atoms with van der Waals surface area (Å²) >= 11 is 4.80. The first-order chi connectivity index (χ1) is 10.1. The van der Waals surface area contributed by atoms with E-state index >= 15 is 0 Å². The highest BCUT2D eigenvalue weighted by molar-refractivity contribution is 7.80. The second-order valence-electron chi connectivity index (χ2n) is 5.44. The third-order valence-electron chi connectivity index (χ3n) is 3.99. The van der Waals surface area contributed by atoms with Gasteiger partial charge in [-0.15, -0.1) is 0 Å². The van der Waals surface area contributed by atoms with Gasteiger partial charge in [-0.2, -0.15) is 12.6 Å². The molecule has 2 atom stereocenters. The number of aromatic hydroxyl groups is 1. The molecule has 3 rings (SSSR count). The summed E-state index contributed by atoms with van der Waals surface area (Å²) in [7, 11) is 0. The lowest BCUT2D eigenvalue weighted by molar-refractivity contribution is 0.476. The molecule has 21 heavy (non-hydrogen) atoms. The standard InChI is InChI=1S/C19H18OS/c1-13(19(21)14-5-3-2-4-6-14)15-7-8-17-12-18(20)10-9-16(17)11-15/h2-13,19-21H,1H3. The van der Waals surface area contributed by atoms with E-state index in [1.807, 2.05) is 12.1 Å². The third kappa shape index (κ3) is 2.91. The van der Waals surface area contributed by atoms with Gasteiger partial charge in [-0.3, -0.25) is 0 Å². The van der Waals surface area contributed by atoms with Crippen molar-refractivity contribution in [2.45, 2.75) is 18.1 Å². The van der Waals surface area contributed by atoms with E-state index in [4.69, 9.17) is 12.6 Å². The van der Waals surface area contributed by atoms with Crippen molar-refractivity contribution in [3.8, 4) is 5.75 Å². The van der Waals surface area contributed by atoms with Crippen LogP contribution < -0.4 is 0 Å². The molecule has 0 bridgehead atoms. The maximum absolute atomic E-state index is 9.53. The van der Waals surface area contributed by atoms with Crippen LogP contribution in [0, 0.1) is 0 Å². The van der Waals surface area contributed by atoms with Crippen LogP contribution in [0.3, 0.4) is 0 Å². The fourth-order valence-corrected chi connectivity index (χ4v) is 3.00. The molecule has 0 saturated heterocycles. The molecule has 0 heterocycles. The average molecular weight is 294 g/mol. The van der Waals surface area contributed by atoms with E-state index in [9.17, 15) is 5.11 Å². The van der Waals surface area contributed by atoms with Crippen molar-refractivity contribution in [2.75, 3.05) is 0 Å². The predicted octanol–water partition coefficient (Wildman–Crippen LogP) is 5.32. The van der Waals surface area contributed by atoms with E-state index < -0.39 is 0 Å². The number of phenolic OH excluding ortho intramolecular Hbond substituents is 1. The van der Waals surface area contributed by atoms with Crippen LogP contribution in [0.4, 0.5) is 0 Å². The number of phenols is 1. The second-order valence-corrected chi connectivity index (χ2v) is 5.99. The van der Waals surface area contributed by atoms with Gasteiger partial charge in [-0.05, 0) is 39.9 Å². The van der Waals surface area contributed by atoms with Crippen LogP contribution in [-0.4, -0.2) is 5.11 Å². The van der Waals surface area contributed by atoms with Crippen LogP contribution in [0.1, 0.15) is 29.2 Å². The van der Waals surface area contributed by atoms with Gasteiger partial charge in [-0.1, -0.05) is 61.5 Å². The van der Waals surface area contributed by atoms with Crippen molar-refractivity contribution in [1.82, 2.24) is 0 Å². The van der Waals surface area contributed by atoms with Gasteiger partial charge >= 0.3 is 0 Å². The summed E-state index contributed by atoms with van der Waals surface area (Å²) in [6.07, 6.45) is 0. The van der Waals surface area contributed by atoms with Gasteiger partial charge in [0.05, 0.1) is 0 Å². The maximum Gasteiger partial charge on any atom is 0.116 e. The summed E-state index contributed by atoms with van der Waals surface area (Å²) in [6.45, 7) is 2.20. The van der Waals surface area contributed by atoms with Gasteiger partial charge < -0.3 is 5.11 Å². The van der Waals surface area contributed by atoms with Crippen molar-refractivity contribution >= 4 is 23.4 Å². The summed E-state index contributed by atoms with van der Waals surface area (Å²) in [4.78, 5) is 0. The molecule has 2 unspecified atom stereocenters. The molecule has 3 aromatic carbocycles. The summed E-state index contributed by atoms with van der Waals surface area (Å²) in [5.74, 6) is 0.619. The first kappa shape index (κ1) is 14.0. The SMILES string of the molecule is CC(c1ccc2cc(O)ccc2c1)C(S)c1ccccc1. The Morgan fingerprint density at radius 2 is 1.48 bits per heavy atom. The molecule has 0 aliphatic carbocycles. The van der Waals surface area contributed by atoms with Crippen molar-refractivity contribution in [2.24, 2.45) is 0 Å². The zero-order chi connectivity index (χ0) is 14.8. The summed E-state index contributed by atoms with van der Waals surface area (Å²) in [5.41, 5.74) is 2.50. The molecule has 0 radical (unpaired) electrons. The van der Waals surface area contributed by atoms with Crippen molar-refractivity contribution in [3.63, 3.8) is 0 Å². The maximum atomic E-state index is 9.53. The smallest absolute Gasteiger partial charge is 0.116 e. The van der Waals surface area contributed by atoms with E-state index in [1.54, 1.807) is 12.1 Å². The zero-order valence-electron chi connectivity index (χ0n) is 11.9. The molecular weight excluding hydrogens is 276 g/mol. The lowest BCUT2D eigenvalue weighted by Crippen LogP contribution is -2.02. The molecule has 1 nitrogen and oxygen atoms in total. The number of hydrogen-bond donors (Lipinski definition) is 2. The highest BCUT2D eigenvalue weighted by Gasteiger charge is 2.17. The molecule has 0 aliphatic heterocycles. The molecule has 0 aromatic heterocycles. The molecule has 0 saturated carbocycles. The summed E-state index contributed by atoms with van der Waals surface area (Å²) in [6, 6.07) is 22.2. The Hall–Kier alpha value is -1.93. The second kappa shape index (κ2) is 5.82. The topological polar surface area (TPSA) is 20.2 Å². The monoisotopic (exact) mass is 294 g/mol. The number of fused-ring (bicyclic) bond motifs is 1. The van der Waals surface area contributed by atoms with E-state index in [-0.39, 0.29) is 5.25 Å². The fourth-order valence-electron chi connectivity index (χ4n) is 2.66. The molecule has 2 heteroatoms. The van der Waals surface area contributed by atoms with Crippen LogP contribution in [0.15, 0.2) is 66.7 Å². The van der Waals surface area contributed by atoms with Gasteiger partial charge in [-0.25, -0.2) is 0 Å². The van der Waals surface area contributed by atoms with Crippen molar-refractivity contribution in [1.29, 1.82) is 0 Å². The van der Waals surface area contributed by atoms with E-state index in [2.05, 4.69) is 49.4 Å². The molecule has 106 valence electrons. The Bertz CT molecular complexity index is 752. The van der Waals surface area contributed by atoms with Crippen LogP contribution in [0.2, 0.25) is 0 Å². The largest absolute Gasteiger partial charge is 0.508 e. The highest BCUT2D eigenvalue weighted by Crippen LogP contribution is 2.36. The quantitative estimate of drug-likeness (QED) is 0.626. The molecule has 0 spiro atoms. The normalized spacial score (nSPS) is 14.0. The van der Waals surface area contributed by atoms with E-state index in [0.717, 1.165) is 10.8 Å². The third-order valence-corrected chi connectivity index (χ3v) is 4.73. The minimum absolute atomic E-state index is 0.167. The first-order valence-electron chi connectivity index (χ1n) is 7.11. The van der Waals surface area contributed by atoms with Crippen LogP contribution >= 0.6 is 12.6 Å². The van der Waals surface area contributed by atoms with Crippen molar-refractivity contribution < 1.29 is 5.11 Å². The van der Waals surface area contributed by atoms with Crippen LogP contribution in [0.5, 0.6) is 5.75 Å². The molecule has 0 aliphatic rings. The number of hydrogen-bond acceptors (Lipinski definition) is 2. The number of thiol groups is 1. The lowest BCUT2D eigenvalue weighted by atomic mass is 9.91. The Morgan fingerprint density at radius 1 is 0.810 bits per heavy atom. The van der Waals surface area contributed by atoms with Gasteiger partial charge in [0.1, 0.15) is 5.75 Å². The Morgan fingerprint density at radius 3 is 2.24 bits per heavy atom. The van der Waals surface area contributed by atoms with Gasteiger partial charge in [0.25, 0.3) is 0 Å². The van der Waals surface area contributed by atoms with E-state index in [1.165, 1.54) is 11.1 Å². The summed E-state index contributed by atoms with van der Waals surface area (Å²) < 4.78 is 0. The van der Waals surface area contributed by atoms with Gasteiger partial charge in [0, 0.05) is 5.25 Å². The predicted molar refractivity (Wildman–Crippen MR) is 92.2 cm³/mol. The average Bonchev–Trinajstić information content (AvgIpc) is 2.53. The molecule has 0 fully saturated rings. The Kier molecular flexibility index (Phi) is 3.89. The fraction of sp³-hybridized carbons (Fsp3) is 0.158. The summed E-state index contributed by atoms with van der Waals surface area (Å²) in [5, 5.41) is 11.9. The zero-order valence-corrected chi connectivity index (χ0v) is 12.8. The minimum atomic E-state index is 0.167.